The van der Waals surface area contributed by atoms with E-state index in [9.17, 15) is 4.79 Å². The molecule has 0 N–H and O–H groups in total. The van der Waals surface area contributed by atoms with Crippen molar-refractivity contribution in [3.8, 4) is 0 Å². The maximum Gasteiger partial charge on any atom is 0.410 e. The first-order valence-corrected chi connectivity index (χ1v) is 8.80. The summed E-state index contributed by atoms with van der Waals surface area (Å²) in [7, 11) is 0. The first kappa shape index (κ1) is 16.4. The van der Waals surface area contributed by atoms with E-state index in [1.165, 1.54) is 0 Å². The molecule has 0 bridgehead atoms. The fourth-order valence-corrected chi connectivity index (χ4v) is 3.65. The zero-order valence-corrected chi connectivity index (χ0v) is 15.4. The molecule has 1 aromatic heterocycles. The van der Waals surface area contributed by atoms with Crippen LogP contribution in [0.3, 0.4) is 0 Å². The largest absolute Gasteiger partial charge is 0.449 e. The van der Waals surface area contributed by atoms with Crippen molar-refractivity contribution in [2.75, 3.05) is 6.54 Å². The summed E-state index contributed by atoms with van der Waals surface area (Å²) in [6.45, 7) is 6.45. The van der Waals surface area contributed by atoms with Crippen LogP contribution in [0.5, 0.6) is 0 Å². The van der Waals surface area contributed by atoms with Crippen LogP contribution in [-0.4, -0.2) is 29.2 Å². The molecular formula is C18H22BrNO3. The Kier molecular flexibility index (Phi) is 4.41. The predicted octanol–water partition coefficient (Wildman–Crippen LogP) is 5.14. The van der Waals surface area contributed by atoms with Crippen LogP contribution in [0.25, 0.3) is 11.0 Å². The Morgan fingerprint density at radius 3 is 2.87 bits per heavy atom. The molecule has 0 unspecified atom stereocenters. The minimum atomic E-state index is -0.465. The number of amides is 1. The molecule has 23 heavy (non-hydrogen) atoms. The lowest BCUT2D eigenvalue weighted by molar-refractivity contribution is 0.0226. The van der Waals surface area contributed by atoms with Crippen molar-refractivity contribution >= 4 is 33.0 Å². The molecule has 0 aliphatic carbocycles. The molecule has 1 aliphatic rings. The van der Waals surface area contributed by atoms with Crippen LogP contribution in [0.2, 0.25) is 0 Å². The highest BCUT2D eigenvalue weighted by molar-refractivity contribution is 9.10. The summed E-state index contributed by atoms with van der Waals surface area (Å²) in [6.07, 6.45) is 2.56. The van der Waals surface area contributed by atoms with Gasteiger partial charge in [0.2, 0.25) is 0 Å². The second-order valence-electron chi connectivity index (χ2n) is 7.02. The fourth-order valence-electron chi connectivity index (χ4n) is 3.10. The normalized spacial score (nSPS) is 18.6. The molecule has 1 saturated heterocycles. The van der Waals surface area contributed by atoms with E-state index in [4.69, 9.17) is 9.15 Å². The number of rotatable bonds is 2. The Labute approximate surface area is 144 Å². The summed E-state index contributed by atoms with van der Waals surface area (Å²) in [5.41, 5.74) is 1.53. The number of nitrogens with zero attached hydrogens (tertiary/aromatic N) is 1. The highest BCUT2D eigenvalue weighted by Gasteiger charge is 2.33. The number of benzene rings is 1. The summed E-state index contributed by atoms with van der Waals surface area (Å²) >= 11 is 3.52. The Morgan fingerprint density at radius 1 is 1.39 bits per heavy atom. The number of likely N-dealkylation sites (tertiary alicyclic amines) is 1. The molecule has 1 fully saturated rings. The summed E-state index contributed by atoms with van der Waals surface area (Å²) < 4.78 is 12.1. The van der Waals surface area contributed by atoms with Crippen molar-refractivity contribution in [2.45, 2.75) is 51.7 Å². The molecule has 4 nitrogen and oxygen atoms in total. The average molecular weight is 380 g/mol. The van der Waals surface area contributed by atoms with E-state index in [2.05, 4.69) is 22.0 Å². The highest BCUT2D eigenvalue weighted by Crippen LogP contribution is 2.33. The molecule has 0 spiro atoms. The molecule has 1 amide bonds. The number of ether oxygens (including phenoxy) is 1. The SMILES string of the molecule is CC(C)(C)OC(=O)N1CCC[C@H]1Cc1c(Br)oc2ccccc12. The third-order valence-corrected chi connectivity index (χ3v) is 4.73. The van der Waals surface area contributed by atoms with Gasteiger partial charge in [0.05, 0.1) is 0 Å². The Morgan fingerprint density at radius 2 is 2.13 bits per heavy atom. The quantitative estimate of drug-likeness (QED) is 0.725. The Bertz CT molecular complexity index is 717. The minimum absolute atomic E-state index is 0.155. The number of hydrogen-bond acceptors (Lipinski definition) is 3. The van der Waals surface area contributed by atoms with E-state index in [1.54, 1.807) is 0 Å². The van der Waals surface area contributed by atoms with Gasteiger partial charge in [-0.25, -0.2) is 4.79 Å². The fraction of sp³-hybridized carbons (Fsp3) is 0.500. The summed E-state index contributed by atoms with van der Waals surface area (Å²) in [6, 6.07) is 8.15. The maximum absolute atomic E-state index is 12.4. The molecule has 2 heterocycles. The van der Waals surface area contributed by atoms with Gasteiger partial charge in [0.25, 0.3) is 0 Å². The molecule has 0 saturated carbocycles. The predicted molar refractivity (Wildman–Crippen MR) is 93.6 cm³/mol. The number of furan rings is 1. The molecule has 1 aliphatic heterocycles. The van der Waals surface area contributed by atoms with Gasteiger partial charge in [-0.05, 0) is 62.0 Å². The standard InChI is InChI=1S/C18H22BrNO3/c1-18(2,3)23-17(21)20-10-6-7-12(20)11-14-13-8-4-5-9-15(13)22-16(14)19/h4-5,8-9,12H,6-7,10-11H2,1-3H3/t12-/m0/s1. The van der Waals surface area contributed by atoms with E-state index >= 15 is 0 Å². The van der Waals surface area contributed by atoms with Crippen LogP contribution in [-0.2, 0) is 11.2 Å². The van der Waals surface area contributed by atoms with Gasteiger partial charge in [-0.3, -0.25) is 0 Å². The van der Waals surface area contributed by atoms with Crippen LogP contribution < -0.4 is 0 Å². The smallest absolute Gasteiger partial charge is 0.410 e. The van der Waals surface area contributed by atoms with Gasteiger partial charge >= 0.3 is 6.09 Å². The zero-order valence-electron chi connectivity index (χ0n) is 13.8. The van der Waals surface area contributed by atoms with Crippen molar-refractivity contribution in [1.29, 1.82) is 0 Å². The van der Waals surface area contributed by atoms with E-state index in [0.29, 0.717) is 0 Å². The molecule has 5 heteroatoms. The number of para-hydroxylation sites is 1. The van der Waals surface area contributed by atoms with E-state index in [1.807, 2.05) is 43.9 Å². The van der Waals surface area contributed by atoms with Crippen LogP contribution in [0, 0.1) is 0 Å². The van der Waals surface area contributed by atoms with Crippen LogP contribution >= 0.6 is 15.9 Å². The van der Waals surface area contributed by atoms with Gasteiger partial charge in [-0.15, -0.1) is 0 Å². The minimum Gasteiger partial charge on any atom is -0.449 e. The molecule has 2 aromatic rings. The van der Waals surface area contributed by atoms with E-state index < -0.39 is 5.60 Å². The van der Waals surface area contributed by atoms with Gasteiger partial charge in [0, 0.05) is 23.5 Å². The van der Waals surface area contributed by atoms with E-state index in [0.717, 1.165) is 47.0 Å². The van der Waals surface area contributed by atoms with E-state index in [-0.39, 0.29) is 12.1 Å². The number of fused-ring (bicyclic) bond motifs is 1. The highest BCUT2D eigenvalue weighted by atomic mass is 79.9. The van der Waals surface area contributed by atoms with Crippen molar-refractivity contribution in [3.63, 3.8) is 0 Å². The third-order valence-electron chi connectivity index (χ3n) is 4.09. The number of hydrogen-bond donors (Lipinski definition) is 0. The summed E-state index contributed by atoms with van der Waals surface area (Å²) in [5.74, 6) is 0. The monoisotopic (exact) mass is 379 g/mol. The first-order chi connectivity index (χ1) is 10.8. The Balaban J connectivity index is 1.81. The topological polar surface area (TPSA) is 42.7 Å². The number of carbonyl (C=O) groups excluding carboxylic acids is 1. The molecular weight excluding hydrogens is 358 g/mol. The van der Waals surface area contributed by atoms with Crippen molar-refractivity contribution < 1.29 is 13.9 Å². The third kappa shape index (κ3) is 3.55. The number of halogens is 1. The maximum atomic E-state index is 12.4. The van der Waals surface area contributed by atoms with Gasteiger partial charge in [0.1, 0.15) is 11.2 Å². The summed E-state index contributed by atoms with van der Waals surface area (Å²) in [4.78, 5) is 14.3. The molecule has 124 valence electrons. The lowest BCUT2D eigenvalue weighted by Gasteiger charge is -2.28. The molecule has 1 atom stereocenters. The van der Waals surface area contributed by atoms with Gasteiger partial charge in [-0.2, -0.15) is 0 Å². The molecule has 0 radical (unpaired) electrons. The summed E-state index contributed by atoms with van der Waals surface area (Å²) in [5, 5.41) is 1.11. The average Bonchev–Trinajstić information content (AvgIpc) is 3.03. The van der Waals surface area contributed by atoms with Crippen molar-refractivity contribution in [3.05, 3.63) is 34.5 Å². The zero-order chi connectivity index (χ0) is 16.6. The van der Waals surface area contributed by atoms with Crippen LogP contribution in [0.15, 0.2) is 33.4 Å². The first-order valence-electron chi connectivity index (χ1n) is 8.01. The molecule has 1 aromatic carbocycles. The number of carbonyl (C=O) groups is 1. The van der Waals surface area contributed by atoms with Crippen molar-refractivity contribution in [2.24, 2.45) is 0 Å². The van der Waals surface area contributed by atoms with Gasteiger partial charge in [-0.1, -0.05) is 18.2 Å². The second-order valence-corrected chi connectivity index (χ2v) is 7.74. The van der Waals surface area contributed by atoms with Gasteiger partial charge in [0.15, 0.2) is 4.67 Å². The second kappa shape index (κ2) is 6.19. The van der Waals surface area contributed by atoms with Crippen molar-refractivity contribution in [1.82, 2.24) is 4.90 Å². The Hall–Kier alpha value is -1.49. The van der Waals surface area contributed by atoms with Crippen LogP contribution in [0.4, 0.5) is 4.79 Å². The lowest BCUT2D eigenvalue weighted by atomic mass is 10.0. The van der Waals surface area contributed by atoms with Gasteiger partial charge < -0.3 is 14.1 Å². The molecule has 3 rings (SSSR count). The lowest BCUT2D eigenvalue weighted by Crippen LogP contribution is -2.40. The van der Waals surface area contributed by atoms with Crippen LogP contribution in [0.1, 0.15) is 39.2 Å².